The topological polar surface area (TPSA) is 270 Å². The smallest absolute Gasteiger partial charge is 0.306 e. The molecule has 0 aliphatic rings. The Morgan fingerprint density at radius 3 is 0.852 bits per heavy atom. The van der Waals surface area contributed by atoms with Crippen molar-refractivity contribution in [3.8, 4) is 0 Å². The number of ether oxygens (including phenoxy) is 6. The number of aliphatic carboxylic acids is 3. The van der Waals surface area contributed by atoms with Crippen LogP contribution in [-0.4, -0.2) is 109 Å². The van der Waals surface area contributed by atoms with E-state index in [9.17, 15) is 43.2 Å². The van der Waals surface area contributed by atoms with Gasteiger partial charge in [-0.15, -0.1) is 0 Å². The molecule has 54 heavy (non-hydrogen) atoms. The quantitative estimate of drug-likeness (QED) is 0.0474. The van der Waals surface area contributed by atoms with Gasteiger partial charge in [0.05, 0.1) is 63.8 Å². The summed E-state index contributed by atoms with van der Waals surface area (Å²) in [4.78, 5) is 104. The van der Waals surface area contributed by atoms with Crippen LogP contribution in [0, 0.1) is 5.41 Å². The van der Waals surface area contributed by atoms with Crippen LogP contribution < -0.4 is 0 Å². The molecule has 0 fully saturated rings. The molecule has 0 spiro atoms. The van der Waals surface area contributed by atoms with Crippen molar-refractivity contribution in [1.29, 1.82) is 0 Å². The molecular formula is C36H56O18. The van der Waals surface area contributed by atoms with Gasteiger partial charge in [-0.05, 0) is 64.2 Å². The summed E-state index contributed by atoms with van der Waals surface area (Å²) in [6, 6.07) is 0. The van der Waals surface area contributed by atoms with Gasteiger partial charge in [0.15, 0.2) is 0 Å². The second kappa shape index (κ2) is 30.7. The van der Waals surface area contributed by atoms with E-state index in [0.717, 1.165) is 0 Å². The van der Waals surface area contributed by atoms with Gasteiger partial charge in [0.1, 0.15) is 19.8 Å². The lowest BCUT2D eigenvalue weighted by Crippen LogP contribution is -2.39. The molecule has 0 aromatic carbocycles. The third-order valence-electron chi connectivity index (χ3n) is 7.86. The van der Waals surface area contributed by atoms with E-state index < -0.39 is 59.1 Å². The monoisotopic (exact) mass is 776 g/mol. The van der Waals surface area contributed by atoms with Gasteiger partial charge in [0.25, 0.3) is 0 Å². The highest BCUT2D eigenvalue weighted by Crippen LogP contribution is 2.25. The van der Waals surface area contributed by atoms with Crippen molar-refractivity contribution in [2.45, 2.75) is 129 Å². The summed E-state index contributed by atoms with van der Waals surface area (Å²) in [6.07, 6.45) is 3.14. The maximum Gasteiger partial charge on any atom is 0.306 e. The molecule has 18 heteroatoms. The van der Waals surface area contributed by atoms with E-state index in [-0.39, 0.29) is 97.4 Å². The Balaban J connectivity index is 4.84. The fourth-order valence-electron chi connectivity index (χ4n) is 4.39. The second-order valence-corrected chi connectivity index (χ2v) is 12.6. The number of esters is 6. The van der Waals surface area contributed by atoms with E-state index in [1.54, 1.807) is 6.92 Å². The van der Waals surface area contributed by atoms with Crippen molar-refractivity contribution in [3.05, 3.63) is 0 Å². The number of hydrogen-bond acceptors (Lipinski definition) is 15. The summed E-state index contributed by atoms with van der Waals surface area (Å²) < 4.78 is 31.4. The van der Waals surface area contributed by atoms with Crippen LogP contribution in [0.4, 0.5) is 0 Å². The number of rotatable bonds is 34. The third kappa shape index (κ3) is 29.8. The van der Waals surface area contributed by atoms with Gasteiger partial charge in [-0.3, -0.25) is 43.2 Å². The molecule has 0 aromatic rings. The normalized spacial score (nSPS) is 10.8. The van der Waals surface area contributed by atoms with Crippen molar-refractivity contribution < 1.29 is 86.9 Å². The Hall–Kier alpha value is -4.77. The van der Waals surface area contributed by atoms with Gasteiger partial charge >= 0.3 is 53.7 Å². The standard InChI is InChI=1S/C36H56O18/c1-2-36(24-52-30(43)12-6-3-9-21-49-33(46)18-15-27(37)38,25-53-31(44)13-7-4-10-22-50-34(47)19-16-28(39)40)26-54-32(45)14-8-5-11-23-51-35(48)20-17-29(41)42/h2-26H2,1H3,(H,37,38)(H,39,40)(H,41,42). The Labute approximate surface area is 314 Å². The van der Waals surface area contributed by atoms with E-state index >= 15 is 0 Å². The second-order valence-electron chi connectivity index (χ2n) is 12.6. The molecule has 18 nitrogen and oxygen atoms in total. The maximum atomic E-state index is 12.6. The number of carbonyl (C=O) groups is 9. The van der Waals surface area contributed by atoms with Crippen LogP contribution in [0.1, 0.15) is 129 Å². The molecule has 0 radical (unpaired) electrons. The van der Waals surface area contributed by atoms with E-state index in [1.807, 2.05) is 0 Å². The number of carbonyl (C=O) groups excluding carboxylic acids is 6. The Kier molecular flexibility index (Phi) is 28.0. The molecule has 0 aromatic heterocycles. The average Bonchev–Trinajstić information content (AvgIpc) is 3.13. The van der Waals surface area contributed by atoms with Crippen LogP contribution in [0.3, 0.4) is 0 Å². The Morgan fingerprint density at radius 2 is 0.611 bits per heavy atom. The first kappa shape index (κ1) is 49.2. The molecule has 0 heterocycles. The van der Waals surface area contributed by atoms with Gasteiger partial charge in [-0.1, -0.05) is 6.92 Å². The van der Waals surface area contributed by atoms with Crippen LogP contribution in [0.25, 0.3) is 0 Å². The zero-order chi connectivity index (χ0) is 40.6. The molecule has 0 saturated heterocycles. The minimum Gasteiger partial charge on any atom is -0.481 e. The lowest BCUT2D eigenvalue weighted by Gasteiger charge is -2.31. The summed E-state index contributed by atoms with van der Waals surface area (Å²) >= 11 is 0. The summed E-state index contributed by atoms with van der Waals surface area (Å²) in [5, 5.41) is 25.8. The van der Waals surface area contributed by atoms with E-state index in [1.165, 1.54) is 0 Å². The number of carboxylic acids is 3. The van der Waals surface area contributed by atoms with Crippen molar-refractivity contribution in [2.75, 3.05) is 39.6 Å². The molecule has 0 aliphatic carbocycles. The summed E-state index contributed by atoms with van der Waals surface area (Å²) in [6.45, 7) is 1.43. The molecule has 0 saturated carbocycles. The predicted molar refractivity (Wildman–Crippen MR) is 184 cm³/mol. The van der Waals surface area contributed by atoms with Crippen molar-refractivity contribution in [1.82, 2.24) is 0 Å². The van der Waals surface area contributed by atoms with Gasteiger partial charge in [0.2, 0.25) is 0 Å². The minimum absolute atomic E-state index is 0.0517. The first-order chi connectivity index (χ1) is 25.7. The lowest BCUT2D eigenvalue weighted by atomic mass is 9.88. The first-order valence-corrected chi connectivity index (χ1v) is 18.3. The van der Waals surface area contributed by atoms with Crippen molar-refractivity contribution >= 4 is 53.7 Å². The Bertz CT molecular complexity index is 1060. The SMILES string of the molecule is CCC(COC(=O)CCCCCOC(=O)CCC(=O)O)(COC(=O)CCCCCOC(=O)CCC(=O)O)COC(=O)CCCCCOC(=O)CCC(=O)O. The zero-order valence-corrected chi connectivity index (χ0v) is 31.1. The highest BCUT2D eigenvalue weighted by Gasteiger charge is 2.34. The van der Waals surface area contributed by atoms with Gasteiger partial charge in [-0.25, -0.2) is 0 Å². The lowest BCUT2D eigenvalue weighted by molar-refractivity contribution is -0.163. The Morgan fingerprint density at radius 1 is 0.352 bits per heavy atom. The molecular weight excluding hydrogens is 720 g/mol. The van der Waals surface area contributed by atoms with Crippen molar-refractivity contribution in [3.63, 3.8) is 0 Å². The van der Waals surface area contributed by atoms with Crippen LogP contribution >= 0.6 is 0 Å². The fraction of sp³-hybridized carbons (Fsp3) is 0.750. The molecule has 0 rings (SSSR count). The molecule has 308 valence electrons. The zero-order valence-electron chi connectivity index (χ0n) is 31.1. The summed E-state index contributed by atoms with van der Waals surface area (Å²) in [5.74, 6) is -6.73. The highest BCUT2D eigenvalue weighted by atomic mass is 16.6. The fourth-order valence-corrected chi connectivity index (χ4v) is 4.39. The molecule has 0 atom stereocenters. The highest BCUT2D eigenvalue weighted by molar-refractivity contribution is 5.77. The van der Waals surface area contributed by atoms with Gasteiger partial charge in [-0.2, -0.15) is 0 Å². The minimum atomic E-state index is -1.10. The van der Waals surface area contributed by atoms with E-state index in [0.29, 0.717) is 64.2 Å². The molecule has 0 unspecified atom stereocenters. The largest absolute Gasteiger partial charge is 0.481 e. The van der Waals surface area contributed by atoms with Crippen molar-refractivity contribution in [2.24, 2.45) is 5.41 Å². The average molecular weight is 777 g/mol. The number of unbranched alkanes of at least 4 members (excludes halogenated alkanes) is 6. The molecule has 0 amide bonds. The van der Waals surface area contributed by atoms with Gasteiger partial charge in [0, 0.05) is 19.3 Å². The predicted octanol–water partition coefficient (Wildman–Crippen LogP) is 3.92. The molecule has 0 bridgehead atoms. The van der Waals surface area contributed by atoms with Crippen LogP contribution in [0.5, 0.6) is 0 Å². The third-order valence-corrected chi connectivity index (χ3v) is 7.86. The number of carboxylic acid groups (broad SMARTS) is 3. The van der Waals surface area contributed by atoms with Crippen LogP contribution in [0.2, 0.25) is 0 Å². The van der Waals surface area contributed by atoms with Gasteiger partial charge < -0.3 is 43.7 Å². The molecule has 0 aliphatic heterocycles. The molecule has 3 N–H and O–H groups in total. The van der Waals surface area contributed by atoms with E-state index in [4.69, 9.17) is 43.7 Å². The maximum absolute atomic E-state index is 12.6. The first-order valence-electron chi connectivity index (χ1n) is 18.3. The van der Waals surface area contributed by atoms with Crippen LogP contribution in [-0.2, 0) is 71.6 Å². The van der Waals surface area contributed by atoms with Crippen LogP contribution in [0.15, 0.2) is 0 Å². The van der Waals surface area contributed by atoms with E-state index in [2.05, 4.69) is 0 Å². The summed E-state index contributed by atoms with van der Waals surface area (Å²) in [7, 11) is 0. The summed E-state index contributed by atoms with van der Waals surface area (Å²) in [5.41, 5.74) is -1.04. The number of hydrogen-bond donors (Lipinski definition) is 3.